The molecule has 3 N–H and O–H groups in total. The minimum Gasteiger partial charge on any atom is -0.368 e. The number of amides is 1. The van der Waals surface area contributed by atoms with Crippen LogP contribution < -0.4 is 20.9 Å². The van der Waals surface area contributed by atoms with Crippen LogP contribution in [0, 0.1) is 0 Å². The second-order valence-electron chi connectivity index (χ2n) is 4.39. The molecule has 8 heteroatoms. The van der Waals surface area contributed by atoms with Crippen LogP contribution in [0.3, 0.4) is 0 Å². The summed E-state index contributed by atoms with van der Waals surface area (Å²) in [6.45, 7) is 2.84. The summed E-state index contributed by atoms with van der Waals surface area (Å²) < 4.78 is 0. The molecule has 0 fully saturated rings. The molecule has 0 aliphatic carbocycles. The smallest absolute Gasteiger partial charge is 0.239 e. The van der Waals surface area contributed by atoms with Gasteiger partial charge in [0.25, 0.3) is 0 Å². The van der Waals surface area contributed by atoms with E-state index in [1.54, 1.807) is 16.8 Å². The lowest BCUT2D eigenvalue weighted by Gasteiger charge is -2.18. The van der Waals surface area contributed by atoms with E-state index in [0.717, 1.165) is 6.42 Å². The number of carbonyl (C=O) groups excluding carboxylic acids is 1. The second-order valence-corrected chi connectivity index (χ2v) is 4.39. The molecule has 0 spiro atoms. The molecule has 1 heterocycles. The number of hydrogen-bond donors (Lipinski definition) is 2. The molecule has 0 unspecified atom stereocenters. The molecule has 19 heavy (non-hydrogen) atoms. The first kappa shape index (κ1) is 14.9. The van der Waals surface area contributed by atoms with Crippen molar-refractivity contribution in [3.63, 3.8) is 0 Å². The van der Waals surface area contributed by atoms with Crippen molar-refractivity contribution in [1.29, 1.82) is 0 Å². The topological polar surface area (TPSA) is 100 Å². The van der Waals surface area contributed by atoms with Gasteiger partial charge in [0, 0.05) is 27.7 Å². The van der Waals surface area contributed by atoms with E-state index in [1.807, 2.05) is 21.0 Å². The van der Waals surface area contributed by atoms with Gasteiger partial charge in [-0.25, -0.2) is 0 Å². The van der Waals surface area contributed by atoms with Gasteiger partial charge in [0.05, 0.1) is 6.54 Å². The van der Waals surface area contributed by atoms with Gasteiger partial charge < -0.3 is 20.9 Å². The van der Waals surface area contributed by atoms with E-state index in [4.69, 9.17) is 5.73 Å². The molecule has 0 aromatic carbocycles. The summed E-state index contributed by atoms with van der Waals surface area (Å²) in [6, 6.07) is 0. The Morgan fingerprint density at radius 2 is 1.84 bits per heavy atom. The number of anilines is 3. The molecule has 0 atom stereocenters. The zero-order valence-electron chi connectivity index (χ0n) is 11.8. The van der Waals surface area contributed by atoms with E-state index < -0.39 is 0 Å². The van der Waals surface area contributed by atoms with Crippen molar-refractivity contribution in [3.8, 4) is 0 Å². The molecule has 0 saturated carbocycles. The second kappa shape index (κ2) is 6.72. The number of likely N-dealkylation sites (N-methyl/N-ethyl adjacent to an activating group) is 1. The highest BCUT2D eigenvalue weighted by atomic mass is 16.2. The molecule has 0 bridgehead atoms. The minimum absolute atomic E-state index is 0.0743. The molecule has 0 saturated heterocycles. The fraction of sp³-hybridized carbons (Fsp3) is 0.636. The summed E-state index contributed by atoms with van der Waals surface area (Å²) in [5, 5.41) is 2.79. The zero-order chi connectivity index (χ0) is 14.4. The van der Waals surface area contributed by atoms with E-state index >= 15 is 0 Å². The van der Waals surface area contributed by atoms with Crippen LogP contribution in [0.25, 0.3) is 0 Å². The average molecular weight is 267 g/mol. The van der Waals surface area contributed by atoms with E-state index in [0.29, 0.717) is 18.4 Å². The Labute approximate surface area is 113 Å². The summed E-state index contributed by atoms with van der Waals surface area (Å²) >= 11 is 0. The lowest BCUT2D eigenvalue weighted by atomic mass is 10.4. The lowest BCUT2D eigenvalue weighted by Crippen LogP contribution is -2.36. The number of nitrogen functional groups attached to an aromatic ring is 1. The molecule has 0 radical (unpaired) electrons. The summed E-state index contributed by atoms with van der Waals surface area (Å²) in [7, 11) is 5.36. The number of nitrogens with zero attached hydrogens (tertiary/aromatic N) is 5. The van der Waals surface area contributed by atoms with Gasteiger partial charge in [-0.2, -0.15) is 15.0 Å². The van der Waals surface area contributed by atoms with Crippen molar-refractivity contribution in [3.05, 3.63) is 0 Å². The van der Waals surface area contributed by atoms with Crippen molar-refractivity contribution in [2.75, 3.05) is 49.8 Å². The molecule has 1 aromatic heterocycles. The van der Waals surface area contributed by atoms with Crippen molar-refractivity contribution in [1.82, 2.24) is 20.3 Å². The van der Waals surface area contributed by atoms with Crippen molar-refractivity contribution in [2.45, 2.75) is 13.3 Å². The van der Waals surface area contributed by atoms with Gasteiger partial charge in [-0.1, -0.05) is 6.92 Å². The van der Waals surface area contributed by atoms with Crippen LogP contribution in [0.1, 0.15) is 13.3 Å². The molecule has 0 aliphatic rings. The summed E-state index contributed by atoms with van der Waals surface area (Å²) in [4.78, 5) is 27.2. The molecular weight excluding hydrogens is 246 g/mol. The largest absolute Gasteiger partial charge is 0.368 e. The Balaban J connectivity index is 2.76. The summed E-state index contributed by atoms with van der Waals surface area (Å²) in [5.41, 5.74) is 5.63. The number of carbonyl (C=O) groups is 1. The van der Waals surface area contributed by atoms with Crippen LogP contribution in [0.5, 0.6) is 0 Å². The van der Waals surface area contributed by atoms with Gasteiger partial charge in [-0.15, -0.1) is 0 Å². The summed E-state index contributed by atoms with van der Waals surface area (Å²) in [5.74, 6) is 0.899. The number of nitrogens with two attached hydrogens (primary N) is 1. The van der Waals surface area contributed by atoms with Gasteiger partial charge in [-0.3, -0.25) is 4.79 Å². The predicted octanol–water partition coefficient (Wildman–Crippen LogP) is -0.518. The number of rotatable bonds is 6. The van der Waals surface area contributed by atoms with Crippen LogP contribution in [-0.2, 0) is 4.79 Å². The highest BCUT2D eigenvalue weighted by Crippen LogP contribution is 2.11. The number of aromatic nitrogens is 3. The van der Waals surface area contributed by atoms with Gasteiger partial charge in [0.2, 0.25) is 23.8 Å². The maximum atomic E-state index is 11.6. The monoisotopic (exact) mass is 267 g/mol. The fourth-order valence-electron chi connectivity index (χ4n) is 1.35. The van der Waals surface area contributed by atoms with E-state index in [1.165, 1.54) is 0 Å². The van der Waals surface area contributed by atoms with Gasteiger partial charge in [-0.05, 0) is 6.42 Å². The standard InChI is InChI=1S/C11H21N7O/c1-5-6-13-8(19)7-18(4)11-15-9(12)14-10(16-11)17(2)3/h5-7H2,1-4H3,(H,13,19)(H2,12,14,15,16). The van der Waals surface area contributed by atoms with Gasteiger partial charge in [0.15, 0.2) is 0 Å². The maximum absolute atomic E-state index is 11.6. The number of nitrogens with one attached hydrogen (secondary N) is 1. The molecular formula is C11H21N7O. The first-order valence-corrected chi connectivity index (χ1v) is 6.10. The first-order chi connectivity index (χ1) is 8.93. The van der Waals surface area contributed by atoms with Crippen LogP contribution in [-0.4, -0.2) is 55.1 Å². The minimum atomic E-state index is -0.0743. The van der Waals surface area contributed by atoms with Crippen LogP contribution in [0.2, 0.25) is 0 Å². The van der Waals surface area contributed by atoms with Crippen LogP contribution in [0.15, 0.2) is 0 Å². The van der Waals surface area contributed by atoms with Crippen molar-refractivity contribution >= 4 is 23.8 Å². The third-order valence-electron chi connectivity index (χ3n) is 2.32. The molecule has 1 aromatic rings. The Bertz CT molecular complexity index is 435. The Kier molecular flexibility index (Phi) is 5.28. The molecule has 1 amide bonds. The fourth-order valence-corrected chi connectivity index (χ4v) is 1.35. The Hall–Kier alpha value is -2.12. The van der Waals surface area contributed by atoms with E-state index in [2.05, 4.69) is 20.3 Å². The van der Waals surface area contributed by atoms with E-state index in [9.17, 15) is 4.79 Å². The predicted molar refractivity (Wildman–Crippen MR) is 75.1 cm³/mol. The molecule has 8 nitrogen and oxygen atoms in total. The van der Waals surface area contributed by atoms with Crippen LogP contribution in [0.4, 0.5) is 17.8 Å². The molecule has 106 valence electrons. The Morgan fingerprint density at radius 3 is 2.42 bits per heavy atom. The molecule has 0 aliphatic heterocycles. The van der Waals surface area contributed by atoms with Gasteiger partial charge in [0.1, 0.15) is 0 Å². The first-order valence-electron chi connectivity index (χ1n) is 6.10. The third-order valence-corrected chi connectivity index (χ3v) is 2.32. The normalized spacial score (nSPS) is 10.1. The highest BCUT2D eigenvalue weighted by molar-refractivity contribution is 5.80. The Morgan fingerprint density at radius 1 is 1.21 bits per heavy atom. The highest BCUT2D eigenvalue weighted by Gasteiger charge is 2.12. The lowest BCUT2D eigenvalue weighted by molar-refractivity contribution is -0.119. The maximum Gasteiger partial charge on any atom is 0.239 e. The van der Waals surface area contributed by atoms with Gasteiger partial charge >= 0.3 is 0 Å². The number of hydrogen-bond acceptors (Lipinski definition) is 7. The quantitative estimate of drug-likeness (QED) is 0.715. The van der Waals surface area contributed by atoms with Crippen LogP contribution >= 0.6 is 0 Å². The molecule has 1 rings (SSSR count). The van der Waals surface area contributed by atoms with Crippen molar-refractivity contribution in [2.24, 2.45) is 0 Å². The van der Waals surface area contributed by atoms with Crippen molar-refractivity contribution < 1.29 is 4.79 Å². The zero-order valence-corrected chi connectivity index (χ0v) is 11.8. The summed E-state index contributed by atoms with van der Waals surface area (Å²) in [6.07, 6.45) is 0.902. The third kappa shape index (κ3) is 4.57. The SMILES string of the molecule is CCCNC(=O)CN(C)c1nc(N)nc(N(C)C)n1. The van der Waals surface area contributed by atoms with E-state index in [-0.39, 0.29) is 18.4 Å². The average Bonchev–Trinajstić information content (AvgIpc) is 2.35.